The van der Waals surface area contributed by atoms with Gasteiger partial charge in [-0.2, -0.15) is 5.10 Å². The maximum atomic E-state index is 5.51. The van der Waals surface area contributed by atoms with E-state index in [9.17, 15) is 0 Å². The Balaban J connectivity index is 1.40. The number of rotatable bonds is 7. The van der Waals surface area contributed by atoms with E-state index >= 15 is 0 Å². The molecule has 4 aromatic rings. The molecule has 0 aliphatic carbocycles. The Bertz CT molecular complexity index is 1230. The van der Waals surface area contributed by atoms with Crippen molar-refractivity contribution in [3.63, 3.8) is 0 Å². The number of fused-ring (bicyclic) bond motifs is 1. The molecule has 0 radical (unpaired) electrons. The quantitative estimate of drug-likeness (QED) is 0.402. The third-order valence-corrected chi connectivity index (χ3v) is 7.23. The second-order valence-electron chi connectivity index (χ2n) is 8.36. The van der Waals surface area contributed by atoms with Crippen LogP contribution in [0.3, 0.4) is 0 Å². The summed E-state index contributed by atoms with van der Waals surface area (Å²) in [4.78, 5) is 3.64. The first-order chi connectivity index (χ1) is 16.2. The maximum absolute atomic E-state index is 5.51. The fraction of sp³-hybridized carbons (Fsp3) is 0.308. The van der Waals surface area contributed by atoms with Crippen LogP contribution in [0, 0.1) is 0 Å². The van der Waals surface area contributed by atoms with Gasteiger partial charge in [0.15, 0.2) is 5.82 Å². The molecule has 1 fully saturated rings. The van der Waals surface area contributed by atoms with Crippen molar-refractivity contribution in [2.75, 3.05) is 43.6 Å². The molecule has 2 aromatic heterocycles. The molecule has 2 N–H and O–H groups in total. The number of ether oxygens (including phenoxy) is 1. The van der Waals surface area contributed by atoms with Gasteiger partial charge in [0.2, 0.25) is 0 Å². The smallest absolute Gasteiger partial charge is 0.157 e. The number of nitrogens with zero attached hydrogens (tertiary/aromatic N) is 3. The van der Waals surface area contributed by atoms with Gasteiger partial charge in [-0.05, 0) is 54.2 Å². The van der Waals surface area contributed by atoms with E-state index in [1.165, 1.54) is 27.3 Å². The van der Waals surface area contributed by atoms with Crippen molar-refractivity contribution < 1.29 is 4.74 Å². The normalized spacial score (nSPS) is 15.0. The lowest BCUT2D eigenvalue weighted by molar-refractivity contribution is 0.122. The van der Waals surface area contributed by atoms with Gasteiger partial charge in [-0.25, -0.2) is 0 Å². The molecule has 7 heteroatoms. The summed E-state index contributed by atoms with van der Waals surface area (Å²) in [6.07, 6.45) is 1.83. The van der Waals surface area contributed by atoms with Gasteiger partial charge >= 0.3 is 0 Å². The molecule has 0 spiro atoms. The Morgan fingerprint density at radius 2 is 1.97 bits per heavy atom. The first-order valence-electron chi connectivity index (χ1n) is 11.4. The van der Waals surface area contributed by atoms with E-state index in [1.54, 1.807) is 11.3 Å². The third kappa shape index (κ3) is 4.71. The van der Waals surface area contributed by atoms with Gasteiger partial charge in [0.05, 0.1) is 25.5 Å². The molecule has 1 atom stereocenters. The van der Waals surface area contributed by atoms with Gasteiger partial charge in [0.25, 0.3) is 0 Å². The highest BCUT2D eigenvalue weighted by Crippen LogP contribution is 2.34. The minimum Gasteiger partial charge on any atom is -0.378 e. The van der Waals surface area contributed by atoms with Crippen molar-refractivity contribution >= 4 is 33.6 Å². The molecule has 2 aromatic carbocycles. The van der Waals surface area contributed by atoms with Crippen LogP contribution in [-0.4, -0.2) is 43.5 Å². The summed E-state index contributed by atoms with van der Waals surface area (Å²) in [6.45, 7) is 6.40. The Morgan fingerprint density at radius 1 is 1.12 bits per heavy atom. The predicted molar refractivity (Wildman–Crippen MR) is 137 cm³/mol. The maximum Gasteiger partial charge on any atom is 0.157 e. The highest BCUT2D eigenvalue weighted by atomic mass is 32.1. The molecule has 1 aliphatic heterocycles. The summed E-state index contributed by atoms with van der Waals surface area (Å²) in [5.74, 6) is 0.820. The highest BCUT2D eigenvalue weighted by Gasteiger charge is 2.16. The van der Waals surface area contributed by atoms with E-state index in [0.29, 0.717) is 0 Å². The lowest BCUT2D eigenvalue weighted by Crippen LogP contribution is -2.36. The van der Waals surface area contributed by atoms with Gasteiger partial charge in [-0.15, -0.1) is 16.4 Å². The van der Waals surface area contributed by atoms with Crippen LogP contribution in [0.4, 0.5) is 11.5 Å². The van der Waals surface area contributed by atoms with Crippen molar-refractivity contribution in [2.45, 2.75) is 19.5 Å². The number of nitrogens with one attached hydrogen (secondary N) is 2. The molecule has 1 saturated heterocycles. The molecule has 3 heterocycles. The summed E-state index contributed by atoms with van der Waals surface area (Å²) >= 11 is 1.78. The van der Waals surface area contributed by atoms with Crippen molar-refractivity contribution in [2.24, 2.45) is 0 Å². The Hall–Kier alpha value is -3.00. The fourth-order valence-electron chi connectivity index (χ4n) is 4.33. The van der Waals surface area contributed by atoms with Crippen LogP contribution >= 0.6 is 11.3 Å². The van der Waals surface area contributed by atoms with Crippen molar-refractivity contribution in [3.8, 4) is 11.1 Å². The molecule has 0 amide bonds. The number of morpholine rings is 1. The summed E-state index contributed by atoms with van der Waals surface area (Å²) < 4.78 is 5.51. The van der Waals surface area contributed by atoms with Crippen molar-refractivity contribution in [1.82, 2.24) is 15.5 Å². The summed E-state index contributed by atoms with van der Waals surface area (Å²) in [7, 11) is 1.98. The van der Waals surface area contributed by atoms with Crippen LogP contribution < -0.4 is 15.5 Å². The topological polar surface area (TPSA) is 62.3 Å². The lowest BCUT2D eigenvalue weighted by atomic mass is 10.0. The second-order valence-corrected chi connectivity index (χ2v) is 9.30. The minimum atomic E-state index is 0.118. The highest BCUT2D eigenvalue weighted by molar-refractivity contribution is 7.10. The van der Waals surface area contributed by atoms with Crippen molar-refractivity contribution in [1.29, 1.82) is 0 Å². The molecular weight excluding hydrogens is 430 g/mol. The van der Waals surface area contributed by atoms with Gasteiger partial charge in [0, 0.05) is 41.0 Å². The standard InChI is InChI=1S/C26H29N5OS/c1-18(25-13-21(17-33-25)23-6-4-3-5-19(23)15-27-2)29-26-24-14-22(31-9-11-32-12-10-31)8-7-20(24)16-28-30-26/h3-8,13-14,16-18,27H,9-12,15H2,1-2H3,(H,29,30)/t18-/m0/s1. The van der Waals surface area contributed by atoms with Gasteiger partial charge in [-0.3, -0.25) is 0 Å². The molecule has 1 aliphatic rings. The Labute approximate surface area is 198 Å². The first-order valence-corrected chi connectivity index (χ1v) is 12.3. The summed E-state index contributed by atoms with van der Waals surface area (Å²) in [5, 5.41) is 20.0. The predicted octanol–water partition coefficient (Wildman–Crippen LogP) is 5.09. The van der Waals surface area contributed by atoms with E-state index in [1.807, 2.05) is 13.2 Å². The number of aromatic nitrogens is 2. The molecule has 0 bridgehead atoms. The Kier molecular flexibility index (Phi) is 6.53. The zero-order valence-corrected chi connectivity index (χ0v) is 19.9. The third-order valence-electron chi connectivity index (χ3n) is 6.12. The number of thiophene rings is 1. The van der Waals surface area contributed by atoms with Crippen LogP contribution in [0.5, 0.6) is 0 Å². The van der Waals surface area contributed by atoms with Crippen molar-refractivity contribution in [3.05, 3.63) is 70.5 Å². The van der Waals surface area contributed by atoms with Crippen LogP contribution in [0.15, 0.2) is 60.1 Å². The monoisotopic (exact) mass is 459 g/mol. The van der Waals surface area contributed by atoms with E-state index < -0.39 is 0 Å². The molecule has 33 heavy (non-hydrogen) atoms. The molecule has 0 unspecified atom stereocenters. The van der Waals surface area contributed by atoms with Gasteiger partial charge in [-0.1, -0.05) is 30.3 Å². The summed E-state index contributed by atoms with van der Waals surface area (Å²) in [5.41, 5.74) is 5.05. The number of hydrogen-bond donors (Lipinski definition) is 2. The van der Waals surface area contributed by atoms with E-state index in [2.05, 4.69) is 86.6 Å². The zero-order valence-electron chi connectivity index (χ0n) is 19.0. The zero-order chi connectivity index (χ0) is 22.6. The van der Waals surface area contributed by atoms with E-state index in [4.69, 9.17) is 4.74 Å². The average molecular weight is 460 g/mol. The van der Waals surface area contributed by atoms with E-state index in [-0.39, 0.29) is 6.04 Å². The molecule has 6 nitrogen and oxygen atoms in total. The number of hydrogen-bond acceptors (Lipinski definition) is 7. The average Bonchev–Trinajstić information content (AvgIpc) is 3.35. The molecular formula is C26H29N5OS. The SMILES string of the molecule is CNCc1ccccc1-c1csc([C@H](C)Nc2nncc3ccc(N4CCOCC4)cc23)c1. The van der Waals surface area contributed by atoms with E-state index in [0.717, 1.165) is 49.4 Å². The van der Waals surface area contributed by atoms with Gasteiger partial charge < -0.3 is 20.3 Å². The second kappa shape index (κ2) is 9.87. The lowest BCUT2D eigenvalue weighted by Gasteiger charge is -2.29. The number of anilines is 2. The Morgan fingerprint density at radius 3 is 2.82 bits per heavy atom. The van der Waals surface area contributed by atoms with Gasteiger partial charge in [0.1, 0.15) is 0 Å². The van der Waals surface area contributed by atoms with Crippen LogP contribution in [0.25, 0.3) is 21.9 Å². The van der Waals surface area contributed by atoms with Crippen LogP contribution in [0.2, 0.25) is 0 Å². The minimum absolute atomic E-state index is 0.118. The largest absolute Gasteiger partial charge is 0.378 e. The molecule has 0 saturated carbocycles. The van der Waals surface area contributed by atoms with Crippen LogP contribution in [0.1, 0.15) is 23.4 Å². The summed E-state index contributed by atoms with van der Waals surface area (Å²) in [6, 6.07) is 17.5. The molecule has 170 valence electrons. The fourth-order valence-corrected chi connectivity index (χ4v) is 5.25. The molecule has 5 rings (SSSR count). The first kappa shape index (κ1) is 21.8. The number of benzene rings is 2. The van der Waals surface area contributed by atoms with Crippen LogP contribution in [-0.2, 0) is 11.3 Å².